The number of carbonyl (C=O) groups is 1. The highest BCUT2D eigenvalue weighted by atomic mass is 32.2. The van der Waals surface area contributed by atoms with Crippen molar-refractivity contribution in [3.63, 3.8) is 0 Å². The number of benzene rings is 1. The summed E-state index contributed by atoms with van der Waals surface area (Å²) in [6.45, 7) is 6.73. The number of nitrogens with zero attached hydrogens (tertiary/aromatic N) is 3. The molecule has 7 nitrogen and oxygen atoms in total. The predicted octanol–water partition coefficient (Wildman–Crippen LogP) is 3.23. The molecule has 1 saturated carbocycles. The highest BCUT2D eigenvalue weighted by molar-refractivity contribution is 7.89. The fourth-order valence-corrected chi connectivity index (χ4v) is 5.84. The smallest absolute Gasteiger partial charge is 0.243 e. The third kappa shape index (κ3) is 4.70. The van der Waals surface area contributed by atoms with Gasteiger partial charge in [-0.2, -0.15) is 4.31 Å². The van der Waals surface area contributed by atoms with Crippen molar-refractivity contribution >= 4 is 27.0 Å². The van der Waals surface area contributed by atoms with E-state index >= 15 is 0 Å². The van der Waals surface area contributed by atoms with Crippen LogP contribution in [0.4, 0.5) is 0 Å². The highest BCUT2D eigenvalue weighted by Gasteiger charge is 2.24. The zero-order chi connectivity index (χ0) is 21.9. The Bertz CT molecular complexity index is 995. The van der Waals surface area contributed by atoms with Crippen LogP contribution in [0.5, 0.6) is 0 Å². The fourth-order valence-electron chi connectivity index (χ4n) is 4.36. The quantitative estimate of drug-likeness (QED) is 0.691. The van der Waals surface area contributed by atoms with Gasteiger partial charge in [0.05, 0.1) is 15.9 Å². The Hall–Kier alpha value is -1.93. The number of imidazole rings is 1. The lowest BCUT2D eigenvalue weighted by Gasteiger charge is -2.29. The van der Waals surface area contributed by atoms with Gasteiger partial charge in [0.2, 0.25) is 15.9 Å². The molecule has 0 bridgehead atoms. The number of nitrogens with one attached hydrogen (secondary N) is 1. The minimum absolute atomic E-state index is 0.0607. The van der Waals surface area contributed by atoms with Gasteiger partial charge in [0.1, 0.15) is 5.82 Å². The van der Waals surface area contributed by atoms with E-state index in [1.54, 1.807) is 18.2 Å². The number of carbonyl (C=O) groups excluding carboxylic acids is 1. The molecule has 0 spiro atoms. The van der Waals surface area contributed by atoms with E-state index in [-0.39, 0.29) is 16.8 Å². The van der Waals surface area contributed by atoms with Crippen molar-refractivity contribution in [3.8, 4) is 0 Å². The second-order valence-electron chi connectivity index (χ2n) is 8.26. The van der Waals surface area contributed by atoms with Gasteiger partial charge in [0, 0.05) is 39.0 Å². The van der Waals surface area contributed by atoms with Crippen molar-refractivity contribution in [2.24, 2.45) is 13.0 Å². The Morgan fingerprint density at radius 2 is 1.93 bits per heavy atom. The molecule has 1 heterocycles. The first-order valence-corrected chi connectivity index (χ1v) is 12.5. The number of rotatable bonds is 8. The van der Waals surface area contributed by atoms with Crippen LogP contribution in [0.3, 0.4) is 0 Å². The zero-order valence-electron chi connectivity index (χ0n) is 18.5. The summed E-state index contributed by atoms with van der Waals surface area (Å²) in [5.74, 6) is 1.38. The van der Waals surface area contributed by atoms with Gasteiger partial charge in [0.25, 0.3) is 0 Å². The molecule has 1 amide bonds. The minimum atomic E-state index is -3.52. The number of aromatic nitrogens is 2. The van der Waals surface area contributed by atoms with E-state index < -0.39 is 10.0 Å². The van der Waals surface area contributed by atoms with Crippen molar-refractivity contribution in [3.05, 3.63) is 24.0 Å². The fraction of sp³-hybridized carbons (Fsp3) is 0.636. The van der Waals surface area contributed by atoms with Crippen molar-refractivity contribution in [1.82, 2.24) is 19.2 Å². The van der Waals surface area contributed by atoms with E-state index in [1.165, 1.54) is 23.6 Å². The van der Waals surface area contributed by atoms with Gasteiger partial charge >= 0.3 is 0 Å². The third-order valence-electron chi connectivity index (χ3n) is 6.32. The molecule has 30 heavy (non-hydrogen) atoms. The van der Waals surface area contributed by atoms with Crippen LogP contribution in [0.2, 0.25) is 0 Å². The molecule has 1 aliphatic rings. The molecule has 1 aromatic heterocycles. The number of sulfonamides is 1. The van der Waals surface area contributed by atoms with Crippen molar-refractivity contribution in [1.29, 1.82) is 0 Å². The molecule has 2 aromatic rings. The summed E-state index contributed by atoms with van der Waals surface area (Å²) in [6.07, 6.45) is 5.57. The third-order valence-corrected chi connectivity index (χ3v) is 8.37. The second-order valence-corrected chi connectivity index (χ2v) is 10.2. The van der Waals surface area contributed by atoms with Crippen LogP contribution in [0.25, 0.3) is 11.0 Å². The van der Waals surface area contributed by atoms with E-state index in [0.717, 1.165) is 17.8 Å². The highest BCUT2D eigenvalue weighted by Crippen LogP contribution is 2.25. The van der Waals surface area contributed by atoms with E-state index in [9.17, 15) is 13.2 Å². The Kier molecular flexibility index (Phi) is 7.18. The first-order chi connectivity index (χ1) is 14.3. The topological polar surface area (TPSA) is 84.3 Å². The number of aryl methyl sites for hydroxylation is 2. The van der Waals surface area contributed by atoms with Crippen LogP contribution < -0.4 is 5.32 Å². The predicted molar refractivity (Wildman–Crippen MR) is 119 cm³/mol. The molecule has 1 aromatic carbocycles. The number of hydrogen-bond donors (Lipinski definition) is 1. The van der Waals surface area contributed by atoms with Gasteiger partial charge in [-0.3, -0.25) is 4.79 Å². The molecular weight excluding hydrogens is 400 g/mol. The Labute approximate surface area is 179 Å². The lowest BCUT2D eigenvalue weighted by atomic mass is 9.86. The molecule has 2 atom stereocenters. The average Bonchev–Trinajstić information content (AvgIpc) is 3.04. The molecule has 8 heteroatoms. The van der Waals surface area contributed by atoms with E-state index in [4.69, 9.17) is 0 Å². The van der Waals surface area contributed by atoms with Crippen LogP contribution >= 0.6 is 0 Å². The summed E-state index contributed by atoms with van der Waals surface area (Å²) < 4.78 is 29.0. The van der Waals surface area contributed by atoms with Gasteiger partial charge in [-0.15, -0.1) is 0 Å². The molecule has 0 aliphatic heterocycles. The summed E-state index contributed by atoms with van der Waals surface area (Å²) in [7, 11) is -1.62. The van der Waals surface area contributed by atoms with Gasteiger partial charge in [-0.1, -0.05) is 33.6 Å². The maximum Gasteiger partial charge on any atom is 0.243 e. The standard InChI is InChI=1S/C22H34N4O3S/c1-5-26(6-2)30(28,29)17-11-12-20-19(15-17)23-21(25(20)4)13-14-22(27)24-18-10-8-7-9-16(18)3/h11-12,15-16,18H,5-10,13-14H2,1-4H3,(H,24,27). The first-order valence-electron chi connectivity index (χ1n) is 11.0. The van der Waals surface area contributed by atoms with Crippen LogP contribution in [-0.2, 0) is 28.3 Å². The van der Waals surface area contributed by atoms with Crippen molar-refractivity contribution in [2.45, 2.75) is 70.2 Å². The molecule has 1 fully saturated rings. The SMILES string of the molecule is CCN(CC)S(=O)(=O)c1ccc2c(c1)nc(CCC(=O)NC1CCCCC1C)n2C. The van der Waals surface area contributed by atoms with Gasteiger partial charge in [0.15, 0.2) is 0 Å². The van der Waals surface area contributed by atoms with Crippen LogP contribution in [-0.4, -0.2) is 47.3 Å². The molecular formula is C22H34N4O3S. The zero-order valence-corrected chi connectivity index (χ0v) is 19.3. The van der Waals surface area contributed by atoms with Crippen LogP contribution in [0.1, 0.15) is 58.7 Å². The monoisotopic (exact) mass is 434 g/mol. The number of fused-ring (bicyclic) bond motifs is 1. The molecule has 0 radical (unpaired) electrons. The van der Waals surface area contributed by atoms with Gasteiger partial charge in [-0.05, 0) is 37.0 Å². The lowest BCUT2D eigenvalue weighted by molar-refractivity contribution is -0.122. The van der Waals surface area contributed by atoms with Crippen molar-refractivity contribution < 1.29 is 13.2 Å². The van der Waals surface area contributed by atoms with Gasteiger partial charge in [-0.25, -0.2) is 13.4 Å². The summed E-state index contributed by atoms with van der Waals surface area (Å²) in [5.41, 5.74) is 1.51. The molecule has 2 unspecified atom stereocenters. The summed E-state index contributed by atoms with van der Waals surface area (Å²) in [4.78, 5) is 17.3. The average molecular weight is 435 g/mol. The van der Waals surface area contributed by atoms with Gasteiger partial charge < -0.3 is 9.88 Å². The molecule has 1 N–H and O–H groups in total. The molecule has 166 valence electrons. The minimum Gasteiger partial charge on any atom is -0.353 e. The first kappa shape index (κ1) is 22.7. The van der Waals surface area contributed by atoms with Crippen molar-refractivity contribution in [2.75, 3.05) is 13.1 Å². The Morgan fingerprint density at radius 1 is 1.23 bits per heavy atom. The Morgan fingerprint density at radius 3 is 2.60 bits per heavy atom. The summed E-state index contributed by atoms with van der Waals surface area (Å²) in [5, 5.41) is 3.19. The molecule has 3 rings (SSSR count). The maximum atomic E-state index is 12.8. The van der Waals surface area contributed by atoms with Crippen LogP contribution in [0, 0.1) is 5.92 Å². The maximum absolute atomic E-state index is 12.8. The summed E-state index contributed by atoms with van der Waals surface area (Å²) >= 11 is 0. The lowest BCUT2D eigenvalue weighted by Crippen LogP contribution is -2.41. The second kappa shape index (κ2) is 9.47. The number of amides is 1. The summed E-state index contributed by atoms with van der Waals surface area (Å²) in [6, 6.07) is 5.35. The molecule has 0 saturated heterocycles. The Balaban J connectivity index is 1.73. The normalized spacial score (nSPS) is 20.0. The van der Waals surface area contributed by atoms with E-state index in [2.05, 4.69) is 17.2 Å². The van der Waals surface area contributed by atoms with E-state index in [0.29, 0.717) is 37.4 Å². The molecule has 1 aliphatic carbocycles. The number of hydrogen-bond acceptors (Lipinski definition) is 4. The largest absolute Gasteiger partial charge is 0.353 e. The van der Waals surface area contributed by atoms with E-state index in [1.807, 2.05) is 25.5 Å². The van der Waals surface area contributed by atoms with Crippen LogP contribution in [0.15, 0.2) is 23.1 Å².